The number of fused-ring (bicyclic) bond motifs is 1. The van der Waals surface area contributed by atoms with Crippen molar-refractivity contribution in [1.29, 1.82) is 0 Å². The Balaban J connectivity index is 0.000000205. The first-order valence-corrected chi connectivity index (χ1v) is 7.23. The van der Waals surface area contributed by atoms with E-state index in [1.165, 1.54) is 16.7 Å². The summed E-state index contributed by atoms with van der Waals surface area (Å²) in [5.74, 6) is 0. The first-order valence-electron chi connectivity index (χ1n) is 6.44. The smallest absolute Gasteiger partial charge is 0.296 e. The molecule has 0 bridgehead atoms. The van der Waals surface area contributed by atoms with E-state index in [9.17, 15) is 0 Å². The summed E-state index contributed by atoms with van der Waals surface area (Å²) in [5, 5.41) is 1.11. The second-order valence-corrected chi connectivity index (χ2v) is 5.55. The van der Waals surface area contributed by atoms with E-state index in [1.54, 1.807) is 6.20 Å². The first-order chi connectivity index (χ1) is 9.56. The molecule has 0 fully saturated rings. The zero-order valence-electron chi connectivity index (χ0n) is 12.6. The number of hydrogen-bond donors (Lipinski definition) is 0. The molecule has 0 aliphatic rings. The Hall–Kier alpha value is -0.904. The van der Waals surface area contributed by atoms with Gasteiger partial charge in [-0.1, -0.05) is 61.1 Å². The normalized spacial score (nSPS) is 9.52. The number of aromatic nitrogens is 1. The van der Waals surface area contributed by atoms with E-state index in [0.717, 1.165) is 15.4 Å². The van der Waals surface area contributed by atoms with Crippen molar-refractivity contribution < 1.29 is 0 Å². The van der Waals surface area contributed by atoms with Crippen LogP contribution in [0.15, 0.2) is 47.1 Å². The minimum Gasteiger partial charge on any atom is -0.296 e. The SMILES string of the molecule is Brc1[c-]cnc2ccccc12.Cc1[c-]c(C)cc(C)c1.[Mg+2]. The summed E-state index contributed by atoms with van der Waals surface area (Å²) < 4.78 is 0.975. The van der Waals surface area contributed by atoms with E-state index in [4.69, 9.17) is 0 Å². The Morgan fingerprint density at radius 2 is 1.62 bits per heavy atom. The predicted octanol–water partition coefficient (Wildman–Crippen LogP) is 4.83. The van der Waals surface area contributed by atoms with Gasteiger partial charge in [0.15, 0.2) is 0 Å². The average molecular weight is 351 g/mol. The molecule has 0 saturated heterocycles. The fraction of sp³-hybridized carbons (Fsp3) is 0.167. The molecular weight excluding hydrogens is 334 g/mol. The number of benzene rings is 2. The van der Waals surface area contributed by atoms with Gasteiger partial charge in [0.05, 0.1) is 0 Å². The van der Waals surface area contributed by atoms with Gasteiger partial charge in [-0.2, -0.15) is 34.9 Å². The van der Waals surface area contributed by atoms with Gasteiger partial charge >= 0.3 is 23.1 Å². The molecule has 0 spiro atoms. The molecular formula is C18H16BrMgN. The van der Waals surface area contributed by atoms with Crippen LogP contribution >= 0.6 is 15.9 Å². The summed E-state index contributed by atoms with van der Waals surface area (Å²) >= 11 is 3.40. The third kappa shape index (κ3) is 5.42. The van der Waals surface area contributed by atoms with Crippen molar-refractivity contribution in [1.82, 2.24) is 4.98 Å². The van der Waals surface area contributed by atoms with E-state index in [2.05, 4.69) is 66.0 Å². The quantitative estimate of drug-likeness (QED) is 0.418. The minimum atomic E-state index is 0. The maximum absolute atomic E-state index is 4.16. The van der Waals surface area contributed by atoms with Gasteiger partial charge in [-0.25, -0.2) is 6.07 Å². The second kappa shape index (κ2) is 8.52. The zero-order chi connectivity index (χ0) is 14.5. The molecule has 3 rings (SSSR count). The van der Waals surface area contributed by atoms with Crippen LogP contribution < -0.4 is 0 Å². The van der Waals surface area contributed by atoms with Gasteiger partial charge in [0.2, 0.25) is 0 Å². The molecule has 1 nitrogen and oxygen atoms in total. The molecule has 0 amide bonds. The van der Waals surface area contributed by atoms with Crippen LogP contribution in [0.4, 0.5) is 0 Å². The van der Waals surface area contributed by atoms with Crippen molar-refractivity contribution in [2.45, 2.75) is 20.8 Å². The fourth-order valence-electron chi connectivity index (χ4n) is 2.12. The second-order valence-electron chi connectivity index (χ2n) is 4.76. The van der Waals surface area contributed by atoms with E-state index < -0.39 is 0 Å². The average Bonchev–Trinajstić information content (AvgIpc) is 2.38. The maximum atomic E-state index is 4.16. The van der Waals surface area contributed by atoms with Gasteiger partial charge in [0, 0.05) is 0 Å². The van der Waals surface area contributed by atoms with Crippen LogP contribution in [0.25, 0.3) is 10.9 Å². The van der Waals surface area contributed by atoms with E-state index in [-0.39, 0.29) is 23.1 Å². The standard InChI is InChI=1S/C9H5BrN.C9H11.Mg/c10-8-5-6-11-9-4-2-1-3-7(8)9;1-7-4-8(2)6-9(3)5-7;/h1-4,6H;4-5H,1-3H3;/q2*-1;+2. The van der Waals surface area contributed by atoms with Crippen LogP contribution in [0.2, 0.25) is 0 Å². The Labute approximate surface area is 151 Å². The Bertz CT molecular complexity index is 670. The molecule has 0 radical (unpaired) electrons. The Kier molecular flexibility index (Phi) is 7.36. The minimum absolute atomic E-state index is 0. The summed E-state index contributed by atoms with van der Waals surface area (Å²) in [5.41, 5.74) is 4.78. The summed E-state index contributed by atoms with van der Waals surface area (Å²) in [6.45, 7) is 6.24. The van der Waals surface area contributed by atoms with Crippen molar-refractivity contribution in [3.8, 4) is 0 Å². The monoisotopic (exact) mass is 349 g/mol. The molecule has 102 valence electrons. The fourth-order valence-corrected chi connectivity index (χ4v) is 2.55. The molecule has 3 heteroatoms. The van der Waals surface area contributed by atoms with Crippen molar-refractivity contribution in [3.05, 3.63) is 75.9 Å². The topological polar surface area (TPSA) is 12.9 Å². The Morgan fingerprint density at radius 1 is 1.00 bits per heavy atom. The summed E-state index contributed by atoms with van der Waals surface area (Å²) in [6, 6.07) is 18.4. The van der Waals surface area contributed by atoms with Crippen LogP contribution in [0.3, 0.4) is 0 Å². The molecule has 0 aliphatic carbocycles. The third-order valence-corrected chi connectivity index (χ3v) is 3.47. The number of nitrogens with zero attached hydrogens (tertiary/aromatic N) is 1. The van der Waals surface area contributed by atoms with Crippen LogP contribution in [0.5, 0.6) is 0 Å². The van der Waals surface area contributed by atoms with E-state index >= 15 is 0 Å². The number of hydrogen-bond acceptors (Lipinski definition) is 1. The first kappa shape index (κ1) is 18.1. The van der Waals surface area contributed by atoms with Crippen molar-refractivity contribution in [2.75, 3.05) is 0 Å². The molecule has 1 heterocycles. The third-order valence-electron chi connectivity index (χ3n) is 2.82. The van der Waals surface area contributed by atoms with Crippen LogP contribution in [0, 0.1) is 32.9 Å². The van der Waals surface area contributed by atoms with E-state index in [1.807, 2.05) is 24.3 Å². The number of rotatable bonds is 0. The molecule has 1 aromatic heterocycles. The van der Waals surface area contributed by atoms with Gasteiger partial charge < -0.3 is 0 Å². The molecule has 2 aromatic carbocycles. The van der Waals surface area contributed by atoms with Crippen LogP contribution in [-0.4, -0.2) is 28.0 Å². The van der Waals surface area contributed by atoms with Gasteiger partial charge in [-0.05, 0) is 5.52 Å². The Morgan fingerprint density at radius 3 is 2.19 bits per heavy atom. The molecule has 0 N–H and O–H groups in total. The van der Waals surface area contributed by atoms with Crippen molar-refractivity contribution in [3.63, 3.8) is 0 Å². The summed E-state index contributed by atoms with van der Waals surface area (Å²) in [7, 11) is 0. The zero-order valence-corrected chi connectivity index (χ0v) is 15.6. The summed E-state index contributed by atoms with van der Waals surface area (Å²) in [4.78, 5) is 4.16. The van der Waals surface area contributed by atoms with Gasteiger partial charge in [0.25, 0.3) is 0 Å². The van der Waals surface area contributed by atoms with Gasteiger partial charge in [0.1, 0.15) is 0 Å². The van der Waals surface area contributed by atoms with E-state index in [0.29, 0.717) is 0 Å². The van der Waals surface area contributed by atoms with Crippen LogP contribution in [0.1, 0.15) is 16.7 Å². The molecule has 0 unspecified atom stereocenters. The van der Waals surface area contributed by atoms with Gasteiger partial charge in [-0.3, -0.25) is 4.98 Å². The maximum Gasteiger partial charge on any atom is 2.00 e. The van der Waals surface area contributed by atoms with Crippen molar-refractivity contribution >= 4 is 49.9 Å². The van der Waals surface area contributed by atoms with Gasteiger partial charge in [-0.15, -0.1) is 15.9 Å². The number of para-hydroxylation sites is 1. The number of pyridine rings is 1. The molecule has 21 heavy (non-hydrogen) atoms. The number of aryl methyl sites for hydroxylation is 3. The van der Waals surface area contributed by atoms with Crippen molar-refractivity contribution in [2.24, 2.45) is 0 Å². The largest absolute Gasteiger partial charge is 2.00 e. The molecule has 0 saturated carbocycles. The summed E-state index contributed by atoms with van der Waals surface area (Å²) in [6.07, 6.45) is 1.67. The molecule has 3 aromatic rings. The molecule has 0 aliphatic heterocycles. The van der Waals surface area contributed by atoms with Crippen LogP contribution in [-0.2, 0) is 0 Å². The molecule has 0 atom stereocenters. The predicted molar refractivity (Wildman–Crippen MR) is 93.5 cm³/mol. The number of halogens is 1.